The molecular weight excluding hydrogens is 554 g/mol. The highest BCUT2D eigenvalue weighted by molar-refractivity contribution is 5.99. The van der Waals surface area contributed by atoms with Crippen LogP contribution in [0, 0.1) is 0 Å². The van der Waals surface area contributed by atoms with E-state index in [0.717, 1.165) is 36.8 Å². The number of aliphatic carboxylic acids is 1. The van der Waals surface area contributed by atoms with Crippen LogP contribution in [0.15, 0.2) is 91.0 Å². The third kappa shape index (κ3) is 9.36. The zero-order valence-electron chi connectivity index (χ0n) is 25.5. The molecule has 0 aliphatic carbocycles. The topological polar surface area (TPSA) is 94.1 Å². The van der Waals surface area contributed by atoms with Crippen LogP contribution in [0.25, 0.3) is 22.3 Å². The number of nitrogens with one attached hydrogen (secondary N) is 1. The van der Waals surface area contributed by atoms with Gasteiger partial charge < -0.3 is 24.6 Å². The third-order valence-corrected chi connectivity index (χ3v) is 7.51. The van der Waals surface area contributed by atoms with Crippen molar-refractivity contribution >= 4 is 11.9 Å². The molecule has 0 atom stereocenters. The molecule has 2 N–H and O–H groups in total. The Morgan fingerprint density at radius 3 is 1.73 bits per heavy atom. The molecule has 230 valence electrons. The summed E-state index contributed by atoms with van der Waals surface area (Å²) in [5.74, 6) is 0.461. The van der Waals surface area contributed by atoms with Crippen molar-refractivity contribution in [2.24, 2.45) is 0 Å². The maximum absolute atomic E-state index is 13.4. The van der Waals surface area contributed by atoms with Gasteiger partial charge in [-0.25, -0.2) is 4.79 Å². The number of hydrogen-bond acceptors (Lipinski definition) is 5. The average Bonchev–Trinajstić information content (AvgIpc) is 3.06. The first-order chi connectivity index (χ1) is 21.5. The second kappa shape index (κ2) is 16.8. The monoisotopic (exact) mass is 595 g/mol. The van der Waals surface area contributed by atoms with Crippen molar-refractivity contribution in [2.75, 3.05) is 27.4 Å². The molecule has 0 aliphatic rings. The van der Waals surface area contributed by atoms with Crippen LogP contribution in [0.1, 0.15) is 54.4 Å². The zero-order valence-corrected chi connectivity index (χ0v) is 25.5. The Morgan fingerprint density at radius 2 is 1.20 bits per heavy atom. The number of ether oxygens (including phenoxy) is 3. The van der Waals surface area contributed by atoms with E-state index in [2.05, 4.69) is 29.6 Å². The van der Waals surface area contributed by atoms with Crippen LogP contribution in [-0.4, -0.2) is 44.4 Å². The molecule has 7 heteroatoms. The molecule has 1 amide bonds. The molecule has 0 saturated carbocycles. The molecule has 0 fully saturated rings. The minimum atomic E-state index is -1.09. The third-order valence-electron chi connectivity index (χ3n) is 7.51. The summed E-state index contributed by atoms with van der Waals surface area (Å²) in [6.07, 6.45) is 7.81. The average molecular weight is 596 g/mol. The van der Waals surface area contributed by atoms with Crippen LogP contribution in [0.2, 0.25) is 0 Å². The summed E-state index contributed by atoms with van der Waals surface area (Å²) in [6, 6.07) is 28.8. The maximum atomic E-state index is 13.4. The number of benzene rings is 4. The predicted molar refractivity (Wildman–Crippen MR) is 174 cm³/mol. The van der Waals surface area contributed by atoms with E-state index in [4.69, 9.17) is 14.2 Å². The summed E-state index contributed by atoms with van der Waals surface area (Å²) in [7, 11) is 3.18. The van der Waals surface area contributed by atoms with Crippen LogP contribution >= 0.6 is 0 Å². The van der Waals surface area contributed by atoms with E-state index in [9.17, 15) is 14.7 Å². The largest absolute Gasteiger partial charge is 0.497 e. The first-order valence-electron chi connectivity index (χ1n) is 15.1. The number of carbonyl (C=O) groups is 2. The van der Waals surface area contributed by atoms with Crippen molar-refractivity contribution < 1.29 is 28.9 Å². The minimum Gasteiger partial charge on any atom is -0.497 e. The van der Waals surface area contributed by atoms with E-state index in [1.54, 1.807) is 26.4 Å². The van der Waals surface area contributed by atoms with Gasteiger partial charge in [0.1, 0.15) is 17.2 Å². The smallest absolute Gasteiger partial charge is 0.341 e. The van der Waals surface area contributed by atoms with Crippen molar-refractivity contribution in [3.05, 3.63) is 102 Å². The summed E-state index contributed by atoms with van der Waals surface area (Å²) in [6.45, 7) is 0.0555. The second-order valence-corrected chi connectivity index (χ2v) is 10.7. The molecule has 4 aromatic rings. The van der Waals surface area contributed by atoms with Gasteiger partial charge in [0.25, 0.3) is 5.91 Å². The highest BCUT2D eigenvalue weighted by Gasteiger charge is 2.20. The number of hydrogen-bond donors (Lipinski definition) is 2. The SMILES string of the molecule is COc1ccc(-c2cc(C(=O)NCCCCCCCCc3ccccc3)cc(-c3ccc(OC)cc3)c2OCC(=O)O)cc1. The number of unbranched alkanes of at least 4 members (excludes halogenated alkanes) is 5. The van der Waals surface area contributed by atoms with Crippen molar-refractivity contribution in [2.45, 2.75) is 44.9 Å². The van der Waals surface area contributed by atoms with Gasteiger partial charge in [-0.3, -0.25) is 4.79 Å². The van der Waals surface area contributed by atoms with Crippen LogP contribution in [0.5, 0.6) is 17.2 Å². The molecule has 0 bridgehead atoms. The normalized spacial score (nSPS) is 10.7. The van der Waals surface area contributed by atoms with E-state index in [-0.39, 0.29) is 5.91 Å². The van der Waals surface area contributed by atoms with E-state index < -0.39 is 12.6 Å². The number of carbonyl (C=O) groups excluding carboxylic acids is 1. The van der Waals surface area contributed by atoms with Gasteiger partial charge in [0, 0.05) is 23.2 Å². The minimum absolute atomic E-state index is 0.192. The molecule has 0 spiro atoms. The lowest BCUT2D eigenvalue weighted by atomic mass is 9.94. The molecule has 44 heavy (non-hydrogen) atoms. The van der Waals surface area contributed by atoms with Gasteiger partial charge >= 0.3 is 5.97 Å². The first kappa shape index (κ1) is 32.1. The number of carboxylic acid groups (broad SMARTS) is 1. The molecule has 0 aliphatic heterocycles. The van der Waals surface area contributed by atoms with Crippen molar-refractivity contribution in [1.82, 2.24) is 5.32 Å². The zero-order chi connectivity index (χ0) is 31.1. The van der Waals surface area contributed by atoms with E-state index in [1.807, 2.05) is 54.6 Å². The number of carboxylic acids is 1. The van der Waals surface area contributed by atoms with Crippen molar-refractivity contribution in [1.29, 1.82) is 0 Å². The molecule has 7 nitrogen and oxygen atoms in total. The number of amides is 1. The van der Waals surface area contributed by atoms with Gasteiger partial charge in [-0.2, -0.15) is 0 Å². The lowest BCUT2D eigenvalue weighted by molar-refractivity contribution is -0.139. The molecular formula is C37H41NO6. The highest BCUT2D eigenvalue weighted by Crippen LogP contribution is 2.41. The second-order valence-electron chi connectivity index (χ2n) is 10.7. The number of rotatable bonds is 17. The fourth-order valence-electron chi connectivity index (χ4n) is 5.13. The van der Waals surface area contributed by atoms with Crippen LogP contribution in [0.4, 0.5) is 0 Å². The predicted octanol–water partition coefficient (Wildman–Crippen LogP) is 7.81. The Kier molecular flexibility index (Phi) is 12.2. The van der Waals surface area contributed by atoms with E-state index >= 15 is 0 Å². The van der Waals surface area contributed by atoms with Gasteiger partial charge in [0.05, 0.1) is 14.2 Å². The quantitative estimate of drug-likeness (QED) is 0.121. The standard InChI is InChI=1S/C37H41NO6/c1-42-31-19-15-28(16-20-31)33-24-30(25-34(36(33)44-26-35(39)40)29-17-21-32(43-2)22-18-29)37(41)38-23-11-6-4-3-5-8-12-27-13-9-7-10-14-27/h7,9-10,13-22,24-25H,3-6,8,11-12,23,26H2,1-2H3,(H,38,41)(H,39,40). The first-order valence-corrected chi connectivity index (χ1v) is 15.1. The lowest BCUT2D eigenvalue weighted by Crippen LogP contribution is -2.24. The van der Waals surface area contributed by atoms with Crippen LogP contribution in [0.3, 0.4) is 0 Å². The summed E-state index contributed by atoms with van der Waals surface area (Å²) < 4.78 is 16.5. The number of methoxy groups -OCH3 is 2. The van der Waals surface area contributed by atoms with Crippen molar-refractivity contribution in [3.63, 3.8) is 0 Å². The molecule has 4 aromatic carbocycles. The molecule has 0 aromatic heterocycles. The van der Waals surface area contributed by atoms with Gasteiger partial charge in [-0.1, -0.05) is 80.3 Å². The summed E-state index contributed by atoms with van der Waals surface area (Å²) in [5, 5.41) is 12.5. The van der Waals surface area contributed by atoms with Crippen LogP contribution in [-0.2, 0) is 11.2 Å². The van der Waals surface area contributed by atoms with E-state index in [1.165, 1.54) is 24.8 Å². The fraction of sp³-hybridized carbons (Fsp3) is 0.297. The van der Waals surface area contributed by atoms with Gasteiger partial charge in [-0.15, -0.1) is 0 Å². The summed E-state index contributed by atoms with van der Waals surface area (Å²) in [5.41, 5.74) is 4.61. The molecule has 0 unspecified atom stereocenters. The number of aryl methyl sites for hydroxylation is 1. The Labute approximate surface area is 259 Å². The molecule has 0 radical (unpaired) electrons. The summed E-state index contributed by atoms with van der Waals surface area (Å²) >= 11 is 0. The van der Waals surface area contributed by atoms with Crippen molar-refractivity contribution in [3.8, 4) is 39.5 Å². The highest BCUT2D eigenvalue weighted by atomic mass is 16.5. The maximum Gasteiger partial charge on any atom is 0.341 e. The lowest BCUT2D eigenvalue weighted by Gasteiger charge is -2.18. The molecule has 0 heterocycles. The van der Waals surface area contributed by atoms with Gasteiger partial charge in [-0.05, 0) is 72.4 Å². The Balaban J connectivity index is 1.46. The van der Waals surface area contributed by atoms with Crippen LogP contribution < -0.4 is 19.5 Å². The van der Waals surface area contributed by atoms with Gasteiger partial charge in [0.2, 0.25) is 0 Å². The fourth-order valence-corrected chi connectivity index (χ4v) is 5.13. The Bertz CT molecular complexity index is 1410. The Morgan fingerprint density at radius 1 is 0.682 bits per heavy atom. The molecule has 0 saturated heterocycles. The Hall–Kier alpha value is -4.78. The van der Waals surface area contributed by atoms with E-state index in [0.29, 0.717) is 40.5 Å². The van der Waals surface area contributed by atoms with Gasteiger partial charge in [0.15, 0.2) is 6.61 Å². The molecule has 4 rings (SSSR count). The summed E-state index contributed by atoms with van der Waals surface area (Å²) in [4.78, 5) is 24.9.